The highest BCUT2D eigenvalue weighted by molar-refractivity contribution is 5.69. The van der Waals surface area contributed by atoms with Crippen LogP contribution in [0.25, 0.3) is 0 Å². The fraction of sp³-hybridized carbons (Fsp3) is 0.643. The van der Waals surface area contributed by atoms with Gasteiger partial charge in [0.25, 0.3) is 0 Å². The fourth-order valence-electron chi connectivity index (χ4n) is 2.81. The van der Waals surface area contributed by atoms with Crippen LogP contribution in [0.15, 0.2) is 6.20 Å². The molecule has 1 N–H and O–H groups in total. The van der Waals surface area contributed by atoms with E-state index in [0.29, 0.717) is 25.7 Å². The molecule has 1 fully saturated rings. The van der Waals surface area contributed by atoms with E-state index in [9.17, 15) is 18.0 Å². The Hall–Kier alpha value is -1.66. The number of carboxylic acid groups (broad SMARTS) is 1. The average molecular weight is 302 g/mol. The standard InChI is InChI=1S/C14H17F3N2O2/c1-8-18-7-11(12(19-8)14(15,16)17)6-9-2-4-10(5-3-9)13(20)21/h7,9-10H,2-6H2,1H3,(H,20,21). The van der Waals surface area contributed by atoms with Gasteiger partial charge in [0.05, 0.1) is 5.92 Å². The molecule has 7 heteroatoms. The summed E-state index contributed by atoms with van der Waals surface area (Å²) in [5.74, 6) is -1.02. The van der Waals surface area contributed by atoms with E-state index in [4.69, 9.17) is 5.11 Å². The lowest BCUT2D eigenvalue weighted by Crippen LogP contribution is -2.23. The first-order valence-electron chi connectivity index (χ1n) is 6.90. The van der Waals surface area contributed by atoms with Crippen LogP contribution in [0.1, 0.15) is 42.8 Å². The third kappa shape index (κ3) is 3.92. The molecule has 4 nitrogen and oxygen atoms in total. The van der Waals surface area contributed by atoms with E-state index >= 15 is 0 Å². The maximum absolute atomic E-state index is 13.0. The predicted molar refractivity (Wildman–Crippen MR) is 68.6 cm³/mol. The molecular formula is C14H17F3N2O2. The average Bonchev–Trinajstić information content (AvgIpc) is 2.40. The number of carboxylic acids is 1. The van der Waals surface area contributed by atoms with Gasteiger partial charge in [0.1, 0.15) is 5.82 Å². The van der Waals surface area contributed by atoms with Crippen LogP contribution in [0.3, 0.4) is 0 Å². The zero-order valence-electron chi connectivity index (χ0n) is 11.7. The first-order valence-corrected chi connectivity index (χ1v) is 6.90. The summed E-state index contributed by atoms with van der Waals surface area (Å²) in [5, 5.41) is 8.93. The molecule has 0 atom stereocenters. The Kier molecular flexibility index (Phi) is 4.49. The molecule has 0 aliphatic heterocycles. The molecule has 1 heterocycles. The summed E-state index contributed by atoms with van der Waals surface area (Å²) in [5.41, 5.74) is -0.762. The van der Waals surface area contributed by atoms with Crippen molar-refractivity contribution in [2.45, 2.75) is 45.2 Å². The number of alkyl halides is 3. The Morgan fingerprint density at radius 3 is 2.48 bits per heavy atom. The Labute approximate surface area is 120 Å². The number of aliphatic carboxylic acids is 1. The van der Waals surface area contributed by atoms with Crippen molar-refractivity contribution >= 4 is 5.97 Å². The van der Waals surface area contributed by atoms with Gasteiger partial charge in [-0.3, -0.25) is 4.79 Å². The van der Waals surface area contributed by atoms with Crippen LogP contribution in [0.5, 0.6) is 0 Å². The Morgan fingerprint density at radius 1 is 1.33 bits per heavy atom. The smallest absolute Gasteiger partial charge is 0.433 e. The molecule has 116 valence electrons. The zero-order chi connectivity index (χ0) is 15.6. The lowest BCUT2D eigenvalue weighted by Gasteiger charge is -2.26. The normalized spacial score (nSPS) is 23.0. The van der Waals surface area contributed by atoms with E-state index in [-0.39, 0.29) is 29.6 Å². The first-order chi connectivity index (χ1) is 9.77. The van der Waals surface area contributed by atoms with Crippen LogP contribution in [0, 0.1) is 18.8 Å². The third-order valence-electron chi connectivity index (χ3n) is 3.96. The van der Waals surface area contributed by atoms with Gasteiger partial charge >= 0.3 is 12.1 Å². The zero-order valence-corrected chi connectivity index (χ0v) is 11.7. The monoisotopic (exact) mass is 302 g/mol. The van der Waals surface area contributed by atoms with Gasteiger partial charge in [0, 0.05) is 11.8 Å². The summed E-state index contributed by atoms with van der Waals surface area (Å²) >= 11 is 0. The van der Waals surface area contributed by atoms with Gasteiger partial charge in [0.15, 0.2) is 5.69 Å². The number of aryl methyl sites for hydroxylation is 1. The molecule has 0 spiro atoms. The second-order valence-electron chi connectivity index (χ2n) is 5.55. The molecule has 0 saturated heterocycles. The van der Waals surface area contributed by atoms with Gasteiger partial charge in [-0.25, -0.2) is 9.97 Å². The molecule has 0 radical (unpaired) electrons. The summed E-state index contributed by atoms with van der Waals surface area (Å²) in [6, 6.07) is 0. The predicted octanol–water partition coefficient (Wildman–Crippen LogP) is 3.24. The van der Waals surface area contributed by atoms with Crippen molar-refractivity contribution in [1.82, 2.24) is 9.97 Å². The number of nitrogens with zero attached hydrogens (tertiary/aromatic N) is 2. The summed E-state index contributed by atoms with van der Waals surface area (Å²) in [7, 11) is 0. The first kappa shape index (κ1) is 15.7. The van der Waals surface area contributed by atoms with Gasteiger partial charge in [0.2, 0.25) is 0 Å². The quantitative estimate of drug-likeness (QED) is 0.931. The van der Waals surface area contributed by atoms with Gasteiger partial charge < -0.3 is 5.11 Å². The van der Waals surface area contributed by atoms with Crippen molar-refractivity contribution in [2.24, 2.45) is 11.8 Å². The fourth-order valence-corrected chi connectivity index (χ4v) is 2.81. The van der Waals surface area contributed by atoms with Gasteiger partial charge in [-0.2, -0.15) is 13.2 Å². The molecule has 1 aliphatic carbocycles. The van der Waals surface area contributed by atoms with Crippen molar-refractivity contribution in [3.63, 3.8) is 0 Å². The number of hydrogen-bond donors (Lipinski definition) is 1. The second-order valence-corrected chi connectivity index (χ2v) is 5.55. The summed E-state index contributed by atoms with van der Waals surface area (Å²) in [6.07, 6.45) is -0.691. The Balaban J connectivity index is 2.09. The molecule has 2 rings (SSSR count). The minimum Gasteiger partial charge on any atom is -0.481 e. The van der Waals surface area contributed by atoms with Crippen molar-refractivity contribution in [3.8, 4) is 0 Å². The molecule has 1 aromatic heterocycles. The molecule has 0 unspecified atom stereocenters. The van der Waals surface area contributed by atoms with Crippen LogP contribution in [0.4, 0.5) is 13.2 Å². The minimum atomic E-state index is -4.48. The van der Waals surface area contributed by atoms with E-state index in [1.165, 1.54) is 13.1 Å². The summed E-state index contributed by atoms with van der Waals surface area (Å²) in [4.78, 5) is 18.3. The van der Waals surface area contributed by atoms with Crippen LogP contribution in [0.2, 0.25) is 0 Å². The van der Waals surface area contributed by atoms with Crippen LogP contribution < -0.4 is 0 Å². The van der Waals surface area contributed by atoms with E-state index in [1.54, 1.807) is 0 Å². The lowest BCUT2D eigenvalue weighted by molar-refractivity contribution is -0.143. The SMILES string of the molecule is Cc1ncc(CC2CCC(C(=O)O)CC2)c(C(F)(F)F)n1. The van der Waals surface area contributed by atoms with Crippen molar-refractivity contribution < 1.29 is 23.1 Å². The number of carbonyl (C=O) groups is 1. The number of hydrogen-bond acceptors (Lipinski definition) is 3. The van der Waals surface area contributed by atoms with E-state index in [1.807, 2.05) is 0 Å². The van der Waals surface area contributed by atoms with Gasteiger partial charge in [-0.1, -0.05) is 0 Å². The van der Waals surface area contributed by atoms with Gasteiger partial charge in [-0.05, 0) is 44.9 Å². The Morgan fingerprint density at radius 2 is 1.95 bits per heavy atom. The van der Waals surface area contributed by atoms with Crippen LogP contribution in [-0.4, -0.2) is 21.0 Å². The molecule has 0 amide bonds. The molecular weight excluding hydrogens is 285 g/mol. The number of rotatable bonds is 3. The summed E-state index contributed by atoms with van der Waals surface area (Å²) < 4.78 is 38.9. The molecule has 1 aromatic rings. The van der Waals surface area contributed by atoms with E-state index in [2.05, 4.69) is 9.97 Å². The highest BCUT2D eigenvalue weighted by Crippen LogP contribution is 2.35. The third-order valence-corrected chi connectivity index (χ3v) is 3.96. The molecule has 0 aromatic carbocycles. The molecule has 1 aliphatic rings. The van der Waals surface area contributed by atoms with Crippen molar-refractivity contribution in [3.05, 3.63) is 23.3 Å². The van der Waals surface area contributed by atoms with Crippen LogP contribution in [-0.2, 0) is 17.4 Å². The maximum atomic E-state index is 13.0. The lowest BCUT2D eigenvalue weighted by atomic mass is 9.79. The van der Waals surface area contributed by atoms with E-state index < -0.39 is 17.8 Å². The molecule has 1 saturated carbocycles. The second kappa shape index (κ2) is 5.99. The topological polar surface area (TPSA) is 63.1 Å². The maximum Gasteiger partial charge on any atom is 0.433 e. The highest BCUT2D eigenvalue weighted by atomic mass is 19.4. The Bertz CT molecular complexity index is 523. The molecule has 21 heavy (non-hydrogen) atoms. The molecule has 0 bridgehead atoms. The largest absolute Gasteiger partial charge is 0.481 e. The van der Waals surface area contributed by atoms with Crippen LogP contribution >= 0.6 is 0 Å². The minimum absolute atomic E-state index is 0.0630. The highest BCUT2D eigenvalue weighted by Gasteiger charge is 2.36. The van der Waals surface area contributed by atoms with Gasteiger partial charge in [-0.15, -0.1) is 0 Å². The van der Waals surface area contributed by atoms with E-state index in [0.717, 1.165) is 0 Å². The summed E-state index contributed by atoms with van der Waals surface area (Å²) in [6.45, 7) is 1.43. The number of halogens is 3. The number of aromatic nitrogens is 2. The van der Waals surface area contributed by atoms with Crippen molar-refractivity contribution in [1.29, 1.82) is 0 Å². The van der Waals surface area contributed by atoms with Crippen molar-refractivity contribution in [2.75, 3.05) is 0 Å².